The van der Waals surface area contributed by atoms with Gasteiger partial charge in [-0.3, -0.25) is 4.79 Å². The summed E-state index contributed by atoms with van der Waals surface area (Å²) in [5, 5.41) is -0.693. The minimum atomic E-state index is -0.693. The topological polar surface area (TPSA) is 38.8 Å². The third-order valence-corrected chi connectivity index (χ3v) is 3.74. The zero-order valence-corrected chi connectivity index (χ0v) is 11.9. The number of ether oxygens (including phenoxy) is 2. The van der Waals surface area contributed by atoms with Crippen LogP contribution in [0.15, 0.2) is 18.2 Å². The summed E-state index contributed by atoms with van der Waals surface area (Å²) in [6, 6.07) is 5.30. The first-order valence-electron chi connectivity index (χ1n) is 6.31. The van der Waals surface area contributed by atoms with Gasteiger partial charge in [-0.05, 0) is 30.5 Å². The highest BCUT2D eigenvalue weighted by atomic mass is 35.5. The van der Waals surface area contributed by atoms with Crippen LogP contribution >= 0.6 is 11.6 Å². The van der Waals surface area contributed by atoms with Crippen LogP contribution in [0, 0.1) is 0 Å². The normalized spacial score (nSPS) is 16.3. The summed E-state index contributed by atoms with van der Waals surface area (Å²) in [7, 11) is 3.15. The van der Waals surface area contributed by atoms with E-state index < -0.39 is 5.38 Å². The van der Waals surface area contributed by atoms with Gasteiger partial charge in [0.1, 0.15) is 16.9 Å². The number of carbonyl (C=O) groups excluding carboxylic acids is 1. The first kappa shape index (κ1) is 14.0. The van der Waals surface area contributed by atoms with Crippen molar-refractivity contribution in [1.82, 2.24) is 4.90 Å². The molecule has 0 aromatic heterocycles. The van der Waals surface area contributed by atoms with Gasteiger partial charge in [0, 0.05) is 19.2 Å². The minimum absolute atomic E-state index is 0.0468. The van der Waals surface area contributed by atoms with Gasteiger partial charge >= 0.3 is 0 Å². The number of nitrogens with zero attached hydrogens (tertiary/aromatic N) is 1. The Morgan fingerprint density at radius 3 is 2.16 bits per heavy atom. The molecule has 1 aliphatic rings. The maximum absolute atomic E-state index is 12.3. The van der Waals surface area contributed by atoms with Crippen LogP contribution in [-0.2, 0) is 4.79 Å². The number of halogens is 1. The van der Waals surface area contributed by atoms with Crippen molar-refractivity contribution in [3.05, 3.63) is 23.8 Å². The SMILES string of the molecule is COc1cc(OC)cc(C(Cl)C(=O)N2CCCC2)c1. The molecule has 4 nitrogen and oxygen atoms in total. The van der Waals surface area contributed by atoms with Crippen molar-refractivity contribution in [3.8, 4) is 11.5 Å². The highest BCUT2D eigenvalue weighted by Crippen LogP contribution is 2.31. The smallest absolute Gasteiger partial charge is 0.245 e. The average Bonchev–Trinajstić information content (AvgIpc) is 2.99. The Hall–Kier alpha value is -1.42. The maximum Gasteiger partial charge on any atom is 0.245 e. The van der Waals surface area contributed by atoms with Crippen LogP contribution in [0.2, 0.25) is 0 Å². The molecule has 0 spiro atoms. The summed E-state index contributed by atoms with van der Waals surface area (Å²) in [6.07, 6.45) is 2.10. The Morgan fingerprint density at radius 1 is 1.16 bits per heavy atom. The van der Waals surface area contributed by atoms with Crippen molar-refractivity contribution in [2.75, 3.05) is 27.3 Å². The molecule has 1 saturated heterocycles. The molecule has 104 valence electrons. The van der Waals surface area contributed by atoms with Crippen molar-refractivity contribution in [3.63, 3.8) is 0 Å². The van der Waals surface area contributed by atoms with Crippen molar-refractivity contribution in [2.24, 2.45) is 0 Å². The Kier molecular flexibility index (Phi) is 4.53. The molecular weight excluding hydrogens is 266 g/mol. The molecule has 0 aliphatic carbocycles. The van der Waals surface area contributed by atoms with Crippen molar-refractivity contribution in [2.45, 2.75) is 18.2 Å². The molecular formula is C14H18ClNO3. The zero-order chi connectivity index (χ0) is 13.8. The Morgan fingerprint density at radius 2 is 1.68 bits per heavy atom. The second kappa shape index (κ2) is 6.15. The van der Waals surface area contributed by atoms with Crippen LogP contribution in [0.25, 0.3) is 0 Å². The number of alkyl halides is 1. The lowest BCUT2D eigenvalue weighted by Crippen LogP contribution is -2.30. The van der Waals surface area contributed by atoms with Crippen LogP contribution in [0.1, 0.15) is 23.8 Å². The van der Waals surface area contributed by atoms with Crippen molar-refractivity contribution in [1.29, 1.82) is 0 Å². The number of methoxy groups -OCH3 is 2. The standard InChI is InChI=1S/C14H18ClNO3/c1-18-11-7-10(8-12(9-11)19-2)13(15)14(17)16-5-3-4-6-16/h7-9,13H,3-6H2,1-2H3. The van der Waals surface area contributed by atoms with E-state index in [9.17, 15) is 4.79 Å². The van der Waals surface area contributed by atoms with Crippen LogP contribution in [0.5, 0.6) is 11.5 Å². The summed E-state index contributed by atoms with van der Waals surface area (Å²) in [5.74, 6) is 1.22. The summed E-state index contributed by atoms with van der Waals surface area (Å²) < 4.78 is 10.4. The van der Waals surface area contributed by atoms with Gasteiger partial charge in [-0.1, -0.05) is 0 Å². The number of benzene rings is 1. The molecule has 0 bridgehead atoms. The van der Waals surface area contributed by atoms with E-state index in [1.807, 2.05) is 4.90 Å². The van der Waals surface area contributed by atoms with Crippen LogP contribution in [0.4, 0.5) is 0 Å². The predicted octanol–water partition coefficient (Wildman–Crippen LogP) is 2.61. The lowest BCUT2D eigenvalue weighted by Gasteiger charge is -2.20. The lowest BCUT2D eigenvalue weighted by molar-refractivity contribution is -0.129. The van der Waals surface area contributed by atoms with Gasteiger partial charge < -0.3 is 14.4 Å². The van der Waals surface area contributed by atoms with E-state index in [-0.39, 0.29) is 5.91 Å². The molecule has 0 saturated carbocycles. The molecule has 1 heterocycles. The summed E-state index contributed by atoms with van der Waals surface area (Å²) in [5.41, 5.74) is 0.703. The van der Waals surface area contributed by atoms with Crippen molar-refractivity contribution >= 4 is 17.5 Å². The van der Waals surface area contributed by atoms with E-state index in [1.165, 1.54) is 0 Å². The molecule has 1 aromatic carbocycles. The quantitative estimate of drug-likeness (QED) is 0.798. The number of likely N-dealkylation sites (tertiary alicyclic amines) is 1. The molecule has 2 rings (SSSR count). The van der Waals surface area contributed by atoms with E-state index in [4.69, 9.17) is 21.1 Å². The second-order valence-electron chi connectivity index (χ2n) is 4.54. The van der Waals surface area contributed by atoms with E-state index in [0.29, 0.717) is 17.1 Å². The van der Waals surface area contributed by atoms with Gasteiger partial charge in [0.25, 0.3) is 0 Å². The fourth-order valence-corrected chi connectivity index (χ4v) is 2.48. The third kappa shape index (κ3) is 3.13. The molecule has 1 amide bonds. The van der Waals surface area contributed by atoms with Crippen LogP contribution in [-0.4, -0.2) is 38.1 Å². The molecule has 1 aromatic rings. The Labute approximate surface area is 118 Å². The van der Waals surface area contributed by atoms with Crippen LogP contribution < -0.4 is 9.47 Å². The summed E-state index contributed by atoms with van der Waals surface area (Å²) in [6.45, 7) is 1.59. The average molecular weight is 284 g/mol. The highest BCUT2D eigenvalue weighted by Gasteiger charge is 2.26. The monoisotopic (exact) mass is 283 g/mol. The van der Waals surface area contributed by atoms with Gasteiger partial charge in [-0.15, -0.1) is 11.6 Å². The summed E-state index contributed by atoms with van der Waals surface area (Å²) in [4.78, 5) is 14.1. The number of hydrogen-bond acceptors (Lipinski definition) is 3. The Balaban J connectivity index is 2.21. The van der Waals surface area contributed by atoms with Gasteiger partial charge in [0.2, 0.25) is 5.91 Å². The van der Waals surface area contributed by atoms with Gasteiger partial charge in [-0.25, -0.2) is 0 Å². The predicted molar refractivity (Wildman–Crippen MR) is 74.0 cm³/mol. The fraction of sp³-hybridized carbons (Fsp3) is 0.500. The molecule has 19 heavy (non-hydrogen) atoms. The molecule has 1 atom stereocenters. The first-order valence-corrected chi connectivity index (χ1v) is 6.75. The summed E-state index contributed by atoms with van der Waals surface area (Å²) >= 11 is 6.29. The molecule has 1 unspecified atom stereocenters. The van der Waals surface area contributed by atoms with Gasteiger partial charge in [-0.2, -0.15) is 0 Å². The first-order chi connectivity index (χ1) is 9.15. The van der Waals surface area contributed by atoms with Gasteiger partial charge in [0.05, 0.1) is 14.2 Å². The van der Waals surface area contributed by atoms with Crippen LogP contribution in [0.3, 0.4) is 0 Å². The highest BCUT2D eigenvalue weighted by molar-refractivity contribution is 6.30. The van der Waals surface area contributed by atoms with E-state index in [1.54, 1.807) is 32.4 Å². The van der Waals surface area contributed by atoms with E-state index in [0.717, 1.165) is 25.9 Å². The molecule has 1 aliphatic heterocycles. The largest absolute Gasteiger partial charge is 0.497 e. The fourth-order valence-electron chi connectivity index (χ4n) is 2.22. The number of amides is 1. The Bertz CT molecular complexity index is 436. The van der Waals surface area contributed by atoms with Gasteiger partial charge in [0.15, 0.2) is 0 Å². The van der Waals surface area contributed by atoms with E-state index >= 15 is 0 Å². The van der Waals surface area contributed by atoms with E-state index in [2.05, 4.69) is 0 Å². The number of carbonyl (C=O) groups is 1. The zero-order valence-electron chi connectivity index (χ0n) is 11.2. The number of hydrogen-bond donors (Lipinski definition) is 0. The minimum Gasteiger partial charge on any atom is -0.497 e. The molecule has 1 fully saturated rings. The molecule has 0 N–H and O–H groups in total. The second-order valence-corrected chi connectivity index (χ2v) is 4.98. The third-order valence-electron chi connectivity index (χ3n) is 3.30. The van der Waals surface area contributed by atoms with Crippen molar-refractivity contribution < 1.29 is 14.3 Å². The number of rotatable bonds is 4. The lowest BCUT2D eigenvalue weighted by atomic mass is 10.1. The molecule has 5 heteroatoms. The maximum atomic E-state index is 12.3. The molecule has 0 radical (unpaired) electrons.